The van der Waals surface area contributed by atoms with Gasteiger partial charge in [0.1, 0.15) is 5.82 Å². The molecule has 1 fully saturated rings. The Balaban J connectivity index is 1.51. The molecule has 1 saturated heterocycles. The summed E-state index contributed by atoms with van der Waals surface area (Å²) in [6, 6.07) is 7.33. The van der Waals surface area contributed by atoms with Crippen LogP contribution in [0, 0.1) is 5.82 Å². The van der Waals surface area contributed by atoms with E-state index in [9.17, 15) is 4.39 Å². The second-order valence-electron chi connectivity index (χ2n) is 7.12. The molecule has 2 aliphatic rings. The molecule has 2 aromatic rings. The SMILES string of the molecule is C[C@H](CN1CCc2[nH]nc(-c3cccc(F)c3)c2C1)N1CCCC1. The van der Waals surface area contributed by atoms with Gasteiger partial charge in [-0.1, -0.05) is 12.1 Å². The molecule has 0 unspecified atom stereocenters. The van der Waals surface area contributed by atoms with Gasteiger partial charge in [0.05, 0.1) is 5.69 Å². The Hall–Kier alpha value is -1.72. The summed E-state index contributed by atoms with van der Waals surface area (Å²) < 4.78 is 13.6. The summed E-state index contributed by atoms with van der Waals surface area (Å²) in [5.74, 6) is -0.209. The lowest BCUT2D eigenvalue weighted by Gasteiger charge is -2.33. The predicted octanol–water partition coefficient (Wildman–Crippen LogP) is 3.06. The zero-order valence-electron chi connectivity index (χ0n) is 14.3. The molecule has 0 aliphatic carbocycles. The Morgan fingerprint density at radius 2 is 2.08 bits per heavy atom. The molecule has 5 heteroatoms. The Bertz CT molecular complexity index is 705. The van der Waals surface area contributed by atoms with E-state index < -0.39 is 0 Å². The van der Waals surface area contributed by atoms with Crippen molar-refractivity contribution in [2.75, 3.05) is 26.2 Å². The first-order valence-corrected chi connectivity index (χ1v) is 8.99. The summed E-state index contributed by atoms with van der Waals surface area (Å²) in [6.07, 6.45) is 3.66. The van der Waals surface area contributed by atoms with Crippen LogP contribution in [0.5, 0.6) is 0 Å². The zero-order chi connectivity index (χ0) is 16.5. The number of benzene rings is 1. The maximum atomic E-state index is 13.6. The van der Waals surface area contributed by atoms with E-state index in [1.54, 1.807) is 12.1 Å². The standard InChI is InChI=1S/C19H25FN4/c1-14(24-8-2-3-9-24)12-23-10-7-18-17(13-23)19(22-21-18)15-5-4-6-16(20)11-15/h4-6,11,14H,2-3,7-10,12-13H2,1H3,(H,21,22)/t14-/m1/s1. The van der Waals surface area contributed by atoms with Crippen molar-refractivity contribution >= 4 is 0 Å². The van der Waals surface area contributed by atoms with Gasteiger partial charge in [-0.3, -0.25) is 14.9 Å². The average Bonchev–Trinajstić information content (AvgIpc) is 3.24. The number of halogens is 1. The van der Waals surface area contributed by atoms with Crippen molar-refractivity contribution in [2.24, 2.45) is 0 Å². The molecular weight excluding hydrogens is 303 g/mol. The smallest absolute Gasteiger partial charge is 0.123 e. The monoisotopic (exact) mass is 328 g/mol. The summed E-state index contributed by atoms with van der Waals surface area (Å²) in [5, 5.41) is 7.64. The molecule has 1 atom stereocenters. The lowest BCUT2D eigenvalue weighted by Crippen LogP contribution is -2.42. The molecule has 0 saturated carbocycles. The van der Waals surface area contributed by atoms with Crippen molar-refractivity contribution in [3.63, 3.8) is 0 Å². The number of hydrogen-bond donors (Lipinski definition) is 1. The van der Waals surface area contributed by atoms with Gasteiger partial charge in [0.2, 0.25) is 0 Å². The molecule has 4 nitrogen and oxygen atoms in total. The number of fused-ring (bicyclic) bond motifs is 1. The summed E-state index contributed by atoms with van der Waals surface area (Å²) in [6.45, 7) is 7.86. The molecule has 24 heavy (non-hydrogen) atoms. The van der Waals surface area contributed by atoms with Crippen LogP contribution in [0.3, 0.4) is 0 Å². The van der Waals surface area contributed by atoms with Crippen LogP contribution < -0.4 is 0 Å². The van der Waals surface area contributed by atoms with Crippen molar-refractivity contribution in [2.45, 2.75) is 38.8 Å². The topological polar surface area (TPSA) is 35.2 Å². The quantitative estimate of drug-likeness (QED) is 0.937. The summed E-state index contributed by atoms with van der Waals surface area (Å²) in [7, 11) is 0. The number of likely N-dealkylation sites (tertiary alicyclic amines) is 1. The highest BCUT2D eigenvalue weighted by Gasteiger charge is 2.26. The molecule has 0 amide bonds. The molecule has 4 rings (SSSR count). The van der Waals surface area contributed by atoms with Gasteiger partial charge in [-0.25, -0.2) is 4.39 Å². The van der Waals surface area contributed by atoms with Crippen LogP contribution in [0.2, 0.25) is 0 Å². The van der Waals surface area contributed by atoms with E-state index in [0.717, 1.165) is 37.3 Å². The van der Waals surface area contributed by atoms with E-state index in [4.69, 9.17) is 0 Å². The fourth-order valence-corrected chi connectivity index (χ4v) is 4.05. The van der Waals surface area contributed by atoms with Gasteiger partial charge in [-0.2, -0.15) is 5.10 Å². The molecule has 1 aromatic heterocycles. The molecule has 3 heterocycles. The maximum Gasteiger partial charge on any atom is 0.123 e. The van der Waals surface area contributed by atoms with Crippen molar-refractivity contribution in [3.8, 4) is 11.3 Å². The second kappa shape index (κ2) is 6.65. The number of rotatable bonds is 4. The minimum absolute atomic E-state index is 0.209. The Morgan fingerprint density at radius 1 is 1.25 bits per heavy atom. The van der Waals surface area contributed by atoms with Crippen LogP contribution in [0.4, 0.5) is 4.39 Å². The third-order valence-electron chi connectivity index (χ3n) is 5.40. The molecule has 128 valence electrons. The van der Waals surface area contributed by atoms with E-state index in [0.29, 0.717) is 6.04 Å². The van der Waals surface area contributed by atoms with Crippen LogP contribution in [-0.2, 0) is 13.0 Å². The van der Waals surface area contributed by atoms with E-state index in [1.165, 1.54) is 43.3 Å². The Labute approximate surface area is 142 Å². The van der Waals surface area contributed by atoms with Gasteiger partial charge in [-0.15, -0.1) is 0 Å². The highest BCUT2D eigenvalue weighted by molar-refractivity contribution is 5.64. The van der Waals surface area contributed by atoms with E-state index >= 15 is 0 Å². The van der Waals surface area contributed by atoms with Crippen LogP contribution in [-0.4, -0.2) is 52.2 Å². The molecule has 1 N–H and O–H groups in total. The molecule has 1 aromatic carbocycles. The Kier molecular flexibility index (Phi) is 4.37. The van der Waals surface area contributed by atoms with Gasteiger partial charge in [0.25, 0.3) is 0 Å². The molecule has 2 aliphatic heterocycles. The number of aromatic amines is 1. The van der Waals surface area contributed by atoms with Crippen LogP contribution in [0.1, 0.15) is 31.0 Å². The fourth-order valence-electron chi connectivity index (χ4n) is 4.05. The molecular formula is C19H25FN4. The largest absolute Gasteiger partial charge is 0.299 e. The second-order valence-corrected chi connectivity index (χ2v) is 7.12. The summed E-state index contributed by atoms with van der Waals surface area (Å²) >= 11 is 0. The number of aromatic nitrogens is 2. The first-order chi connectivity index (χ1) is 11.7. The predicted molar refractivity (Wildman–Crippen MR) is 93.2 cm³/mol. The normalized spacial score (nSPS) is 20.2. The van der Waals surface area contributed by atoms with E-state index in [1.807, 2.05) is 6.07 Å². The maximum absolute atomic E-state index is 13.6. The highest BCUT2D eigenvalue weighted by atomic mass is 19.1. The van der Waals surface area contributed by atoms with Gasteiger partial charge >= 0.3 is 0 Å². The number of nitrogens with zero attached hydrogens (tertiary/aromatic N) is 3. The zero-order valence-corrected chi connectivity index (χ0v) is 14.3. The van der Waals surface area contributed by atoms with Crippen LogP contribution in [0.25, 0.3) is 11.3 Å². The summed E-state index contributed by atoms with van der Waals surface area (Å²) in [5.41, 5.74) is 4.21. The molecule has 0 bridgehead atoms. The number of H-pyrrole nitrogens is 1. The minimum atomic E-state index is -0.209. The van der Waals surface area contributed by atoms with E-state index in [2.05, 4.69) is 26.9 Å². The van der Waals surface area contributed by atoms with Crippen molar-refractivity contribution in [1.82, 2.24) is 20.0 Å². The highest BCUT2D eigenvalue weighted by Crippen LogP contribution is 2.29. The number of nitrogens with one attached hydrogen (secondary N) is 1. The number of hydrogen-bond acceptors (Lipinski definition) is 3. The van der Waals surface area contributed by atoms with Crippen LogP contribution in [0.15, 0.2) is 24.3 Å². The third-order valence-corrected chi connectivity index (χ3v) is 5.40. The average molecular weight is 328 g/mol. The fraction of sp³-hybridized carbons (Fsp3) is 0.526. The van der Waals surface area contributed by atoms with Gasteiger partial charge in [0, 0.05) is 48.9 Å². The first kappa shape index (κ1) is 15.8. The first-order valence-electron chi connectivity index (χ1n) is 8.99. The minimum Gasteiger partial charge on any atom is -0.299 e. The Morgan fingerprint density at radius 3 is 2.88 bits per heavy atom. The van der Waals surface area contributed by atoms with E-state index in [-0.39, 0.29) is 5.82 Å². The molecule has 0 spiro atoms. The lowest BCUT2D eigenvalue weighted by molar-refractivity contribution is 0.161. The van der Waals surface area contributed by atoms with Crippen molar-refractivity contribution in [3.05, 3.63) is 41.3 Å². The van der Waals surface area contributed by atoms with Crippen molar-refractivity contribution < 1.29 is 4.39 Å². The third kappa shape index (κ3) is 3.10. The van der Waals surface area contributed by atoms with Crippen molar-refractivity contribution in [1.29, 1.82) is 0 Å². The van der Waals surface area contributed by atoms with Gasteiger partial charge < -0.3 is 0 Å². The summed E-state index contributed by atoms with van der Waals surface area (Å²) in [4.78, 5) is 5.11. The van der Waals surface area contributed by atoms with Gasteiger partial charge in [0.15, 0.2) is 0 Å². The molecule has 0 radical (unpaired) electrons. The van der Waals surface area contributed by atoms with Gasteiger partial charge in [-0.05, 0) is 45.0 Å². The lowest BCUT2D eigenvalue weighted by atomic mass is 10.0. The van der Waals surface area contributed by atoms with Crippen LogP contribution >= 0.6 is 0 Å².